The van der Waals surface area contributed by atoms with Crippen molar-refractivity contribution in [1.29, 1.82) is 0 Å². The number of benzene rings is 1. The van der Waals surface area contributed by atoms with E-state index in [1.54, 1.807) is 17.0 Å². The number of hydrogen-bond donors (Lipinski definition) is 0. The van der Waals surface area contributed by atoms with Crippen molar-refractivity contribution in [3.63, 3.8) is 0 Å². The summed E-state index contributed by atoms with van der Waals surface area (Å²) >= 11 is 0. The molecule has 0 bridgehead atoms. The van der Waals surface area contributed by atoms with Gasteiger partial charge in [-0.3, -0.25) is 0 Å². The number of hydrogen-bond acceptors (Lipinski definition) is 3. The highest BCUT2D eigenvalue weighted by atomic mass is 16.5. The molecule has 0 aliphatic rings. The van der Waals surface area contributed by atoms with Crippen molar-refractivity contribution in [2.24, 2.45) is 11.8 Å². The molecule has 1 heterocycles. The van der Waals surface area contributed by atoms with Gasteiger partial charge in [-0.1, -0.05) is 65.2 Å². The van der Waals surface area contributed by atoms with Crippen LogP contribution in [0.2, 0.25) is 0 Å². The molecule has 0 saturated heterocycles. The van der Waals surface area contributed by atoms with Crippen molar-refractivity contribution < 1.29 is 9.53 Å². The number of aromatic nitrogens is 2. The van der Waals surface area contributed by atoms with Gasteiger partial charge >= 0.3 is 6.09 Å². The van der Waals surface area contributed by atoms with Crippen LogP contribution in [0, 0.1) is 25.7 Å². The Morgan fingerprint density at radius 2 is 1.86 bits per heavy atom. The summed E-state index contributed by atoms with van der Waals surface area (Å²) in [5, 5.41) is 0. The van der Waals surface area contributed by atoms with E-state index in [-0.39, 0.29) is 12.0 Å². The fraction of sp³-hybridized carbons (Fsp3) is 0.583. The summed E-state index contributed by atoms with van der Waals surface area (Å²) in [6.45, 7) is 13.5. The number of carbonyl (C=O) groups is 1. The Kier molecular flexibility index (Phi) is 8.28. The fourth-order valence-corrected chi connectivity index (χ4v) is 3.61. The zero-order chi connectivity index (χ0) is 20.7. The van der Waals surface area contributed by atoms with E-state index < -0.39 is 0 Å². The molecule has 0 radical (unpaired) electrons. The van der Waals surface area contributed by atoms with E-state index in [2.05, 4.69) is 64.7 Å². The van der Waals surface area contributed by atoms with Crippen molar-refractivity contribution in [3.8, 4) is 0 Å². The first kappa shape index (κ1) is 22.2. The molecule has 1 aromatic heterocycles. The van der Waals surface area contributed by atoms with E-state index in [0.717, 1.165) is 18.2 Å². The van der Waals surface area contributed by atoms with Gasteiger partial charge in [0.25, 0.3) is 0 Å². The molecule has 1 aromatic carbocycles. The molecule has 0 saturated carbocycles. The first-order valence-electron chi connectivity index (χ1n) is 10.6. The molecule has 28 heavy (non-hydrogen) atoms. The normalized spacial score (nSPS) is 13.5. The lowest BCUT2D eigenvalue weighted by Crippen LogP contribution is -2.19. The summed E-state index contributed by atoms with van der Waals surface area (Å²) in [4.78, 5) is 17.0. The summed E-state index contributed by atoms with van der Waals surface area (Å²) in [7, 11) is 0. The Hall–Kier alpha value is -2.10. The maximum absolute atomic E-state index is 12.6. The van der Waals surface area contributed by atoms with Gasteiger partial charge in [0.05, 0.1) is 6.61 Å². The minimum atomic E-state index is -0.334. The quantitative estimate of drug-likeness (QED) is 0.496. The molecule has 4 heteroatoms. The molecule has 0 spiro atoms. The molecule has 0 fully saturated rings. The maximum Gasteiger partial charge on any atom is 0.419 e. The number of rotatable bonds is 9. The predicted octanol–water partition coefficient (Wildman–Crippen LogP) is 6.49. The van der Waals surface area contributed by atoms with Gasteiger partial charge in [-0.05, 0) is 48.8 Å². The van der Waals surface area contributed by atoms with Gasteiger partial charge in [0.1, 0.15) is 5.82 Å². The second kappa shape index (κ2) is 10.4. The maximum atomic E-state index is 12.6. The molecule has 2 aromatic rings. The van der Waals surface area contributed by atoms with Crippen LogP contribution in [0.25, 0.3) is 0 Å². The van der Waals surface area contributed by atoms with E-state index in [9.17, 15) is 4.79 Å². The fourth-order valence-electron chi connectivity index (χ4n) is 3.61. The van der Waals surface area contributed by atoms with Gasteiger partial charge < -0.3 is 4.74 Å². The third kappa shape index (κ3) is 5.95. The lowest BCUT2D eigenvalue weighted by Gasteiger charge is -2.17. The van der Waals surface area contributed by atoms with E-state index in [1.165, 1.54) is 36.0 Å². The zero-order valence-corrected chi connectivity index (χ0v) is 18.4. The largest absolute Gasteiger partial charge is 0.449 e. The molecule has 4 nitrogen and oxygen atoms in total. The molecule has 2 rings (SSSR count). The smallest absolute Gasteiger partial charge is 0.419 e. The standard InChI is InChI=1S/C24H36N2O2/c1-17(2)9-7-10-18(3)13-16-28-24(27)26-15-14-25-23(26)21(6)22-12-8-11-19(4)20(22)5/h8,11-12,14-15,17-18,21H,7,9-10,13,16H2,1-6H3/t18-,21-/m0/s1. The van der Waals surface area contributed by atoms with Crippen LogP contribution in [0.15, 0.2) is 30.6 Å². The topological polar surface area (TPSA) is 44.1 Å². The van der Waals surface area contributed by atoms with Gasteiger partial charge in [-0.2, -0.15) is 0 Å². The number of carbonyl (C=O) groups excluding carboxylic acids is 1. The van der Waals surface area contributed by atoms with Gasteiger partial charge in [0.15, 0.2) is 0 Å². The lowest BCUT2D eigenvalue weighted by molar-refractivity contribution is 0.139. The molecule has 0 unspecified atom stereocenters. The molecular formula is C24H36N2O2. The van der Waals surface area contributed by atoms with Crippen molar-refractivity contribution in [1.82, 2.24) is 9.55 Å². The Labute approximate surface area is 170 Å². The van der Waals surface area contributed by atoms with E-state index >= 15 is 0 Å². The monoisotopic (exact) mass is 384 g/mol. The molecule has 2 atom stereocenters. The van der Waals surface area contributed by atoms with Gasteiger partial charge in [0.2, 0.25) is 0 Å². The van der Waals surface area contributed by atoms with Crippen molar-refractivity contribution in [3.05, 3.63) is 53.1 Å². The Morgan fingerprint density at radius 1 is 1.11 bits per heavy atom. The number of nitrogens with zero attached hydrogens (tertiary/aromatic N) is 2. The molecular weight excluding hydrogens is 348 g/mol. The van der Waals surface area contributed by atoms with Crippen LogP contribution in [0.5, 0.6) is 0 Å². The summed E-state index contributed by atoms with van der Waals surface area (Å²) in [5.74, 6) is 2.08. The lowest BCUT2D eigenvalue weighted by atomic mass is 9.93. The predicted molar refractivity (Wildman–Crippen MR) is 115 cm³/mol. The highest BCUT2D eigenvalue weighted by Crippen LogP contribution is 2.27. The minimum absolute atomic E-state index is 0.0254. The summed E-state index contributed by atoms with van der Waals surface area (Å²) in [5.41, 5.74) is 3.68. The van der Waals surface area contributed by atoms with Gasteiger partial charge in [0, 0.05) is 18.3 Å². The molecule has 0 N–H and O–H groups in total. The van der Waals surface area contributed by atoms with Crippen molar-refractivity contribution in [2.75, 3.05) is 6.61 Å². The molecule has 0 aliphatic heterocycles. The van der Waals surface area contributed by atoms with Crippen LogP contribution in [0.1, 0.15) is 81.8 Å². The average molecular weight is 385 g/mol. The first-order chi connectivity index (χ1) is 13.3. The van der Waals surface area contributed by atoms with Crippen LogP contribution in [-0.4, -0.2) is 22.3 Å². The molecule has 0 aliphatic carbocycles. The second-order valence-electron chi connectivity index (χ2n) is 8.50. The van der Waals surface area contributed by atoms with Crippen LogP contribution < -0.4 is 0 Å². The van der Waals surface area contributed by atoms with Crippen LogP contribution in [-0.2, 0) is 4.74 Å². The van der Waals surface area contributed by atoms with Crippen LogP contribution in [0.4, 0.5) is 4.79 Å². The third-order valence-electron chi connectivity index (χ3n) is 5.68. The van der Waals surface area contributed by atoms with Crippen LogP contribution >= 0.6 is 0 Å². The van der Waals surface area contributed by atoms with Gasteiger partial charge in [-0.25, -0.2) is 14.3 Å². The summed E-state index contributed by atoms with van der Waals surface area (Å²) in [6.07, 6.45) is 7.64. The summed E-state index contributed by atoms with van der Waals surface area (Å²) < 4.78 is 7.10. The Balaban J connectivity index is 1.93. The highest BCUT2D eigenvalue weighted by Gasteiger charge is 2.20. The number of ether oxygens (including phenoxy) is 1. The Morgan fingerprint density at radius 3 is 2.57 bits per heavy atom. The third-order valence-corrected chi connectivity index (χ3v) is 5.68. The first-order valence-corrected chi connectivity index (χ1v) is 10.6. The number of imidazole rings is 1. The van der Waals surface area contributed by atoms with Crippen LogP contribution in [0.3, 0.4) is 0 Å². The SMILES string of the molecule is Cc1cccc([C@H](C)c2nccn2C(=O)OCC[C@@H](C)CCCC(C)C)c1C. The average Bonchev–Trinajstić information content (AvgIpc) is 3.13. The minimum Gasteiger partial charge on any atom is -0.449 e. The van der Waals surface area contributed by atoms with Gasteiger partial charge in [-0.15, -0.1) is 0 Å². The second-order valence-corrected chi connectivity index (χ2v) is 8.50. The highest BCUT2D eigenvalue weighted by molar-refractivity contribution is 5.71. The number of aryl methyl sites for hydroxylation is 1. The zero-order valence-electron chi connectivity index (χ0n) is 18.4. The van der Waals surface area contributed by atoms with E-state index in [0.29, 0.717) is 12.5 Å². The molecule has 154 valence electrons. The van der Waals surface area contributed by atoms with Crippen molar-refractivity contribution in [2.45, 2.75) is 73.1 Å². The Bertz CT molecular complexity index is 764. The molecule has 0 amide bonds. The summed E-state index contributed by atoms with van der Waals surface area (Å²) in [6, 6.07) is 6.27. The van der Waals surface area contributed by atoms with Crippen molar-refractivity contribution >= 4 is 6.09 Å². The van der Waals surface area contributed by atoms with E-state index in [1.807, 2.05) is 0 Å². The van der Waals surface area contributed by atoms with E-state index in [4.69, 9.17) is 4.74 Å².